The third-order valence-electron chi connectivity index (χ3n) is 5.67. The molecular formula is C26H23N3O3. The highest BCUT2D eigenvalue weighted by Gasteiger charge is 2.25. The van der Waals surface area contributed by atoms with Crippen LogP contribution in [0.4, 0.5) is 5.69 Å². The molecular weight excluding hydrogens is 402 g/mol. The fraction of sp³-hybridized carbons (Fsp3) is 0.154. The van der Waals surface area contributed by atoms with E-state index in [-0.39, 0.29) is 5.91 Å². The number of nitrogens with one attached hydrogen (secondary N) is 2. The van der Waals surface area contributed by atoms with Crippen LogP contribution < -0.4 is 14.8 Å². The van der Waals surface area contributed by atoms with Gasteiger partial charge in [0.25, 0.3) is 5.91 Å². The van der Waals surface area contributed by atoms with Crippen molar-refractivity contribution in [2.45, 2.75) is 19.4 Å². The number of hydrogen-bond donors (Lipinski definition) is 2. The lowest BCUT2D eigenvalue weighted by Gasteiger charge is -2.17. The molecule has 1 aliphatic rings. The van der Waals surface area contributed by atoms with E-state index in [1.165, 1.54) is 5.56 Å². The number of anilines is 1. The van der Waals surface area contributed by atoms with Crippen LogP contribution in [0.1, 0.15) is 27.2 Å². The van der Waals surface area contributed by atoms with Crippen molar-refractivity contribution in [3.8, 4) is 22.8 Å². The van der Waals surface area contributed by atoms with Gasteiger partial charge in [-0.1, -0.05) is 30.3 Å². The van der Waals surface area contributed by atoms with E-state index < -0.39 is 0 Å². The van der Waals surface area contributed by atoms with Crippen molar-refractivity contribution < 1.29 is 14.3 Å². The quantitative estimate of drug-likeness (QED) is 0.455. The summed E-state index contributed by atoms with van der Waals surface area (Å²) in [6.45, 7) is 0.500. The van der Waals surface area contributed by atoms with Gasteiger partial charge < -0.3 is 14.8 Å². The standard InChI is InChI=1S/C26H23N3O3/c1-31-21-12-14-22-18(15-21)7-13-23-24(22)28-29-25(23)26(30)27-19-8-10-20(11-9-19)32-16-17-5-3-2-4-6-17/h2-6,8-12,14-15H,7,13,16H2,1H3,(H,27,30)(H,28,29). The van der Waals surface area contributed by atoms with Crippen molar-refractivity contribution in [2.24, 2.45) is 0 Å². The second kappa shape index (κ2) is 8.59. The summed E-state index contributed by atoms with van der Waals surface area (Å²) in [6, 6.07) is 23.3. The van der Waals surface area contributed by atoms with Gasteiger partial charge in [-0.05, 0) is 66.4 Å². The van der Waals surface area contributed by atoms with Gasteiger partial charge >= 0.3 is 0 Å². The number of fused-ring (bicyclic) bond motifs is 3. The maximum atomic E-state index is 12.9. The molecule has 0 fully saturated rings. The van der Waals surface area contributed by atoms with E-state index >= 15 is 0 Å². The molecule has 0 radical (unpaired) electrons. The Morgan fingerprint density at radius 1 is 1.00 bits per heavy atom. The van der Waals surface area contributed by atoms with Crippen LogP contribution in [0.25, 0.3) is 11.3 Å². The third-order valence-corrected chi connectivity index (χ3v) is 5.67. The number of aromatic amines is 1. The lowest BCUT2D eigenvalue weighted by atomic mass is 9.89. The zero-order valence-corrected chi connectivity index (χ0v) is 17.7. The minimum Gasteiger partial charge on any atom is -0.497 e. The Balaban J connectivity index is 1.27. The smallest absolute Gasteiger partial charge is 0.273 e. The van der Waals surface area contributed by atoms with Crippen LogP contribution in [0, 0.1) is 0 Å². The van der Waals surface area contributed by atoms with E-state index in [1.54, 1.807) is 7.11 Å². The Kier molecular flexibility index (Phi) is 5.34. The Bertz CT molecular complexity index is 1250. The van der Waals surface area contributed by atoms with Crippen LogP contribution in [0.3, 0.4) is 0 Å². The van der Waals surface area contributed by atoms with Gasteiger partial charge in [-0.15, -0.1) is 0 Å². The normalized spacial score (nSPS) is 11.9. The van der Waals surface area contributed by atoms with Gasteiger partial charge in [-0.3, -0.25) is 9.89 Å². The van der Waals surface area contributed by atoms with Gasteiger partial charge in [0.2, 0.25) is 0 Å². The molecule has 1 aliphatic carbocycles. The van der Waals surface area contributed by atoms with Crippen LogP contribution in [0.5, 0.6) is 11.5 Å². The molecule has 0 saturated carbocycles. The van der Waals surface area contributed by atoms with Crippen LogP contribution in [-0.2, 0) is 19.4 Å². The summed E-state index contributed by atoms with van der Waals surface area (Å²) >= 11 is 0. The number of H-pyrrole nitrogens is 1. The summed E-state index contributed by atoms with van der Waals surface area (Å²) in [4.78, 5) is 12.9. The molecule has 0 bridgehead atoms. The van der Waals surface area contributed by atoms with Crippen LogP contribution in [0.2, 0.25) is 0 Å². The minimum absolute atomic E-state index is 0.200. The van der Waals surface area contributed by atoms with Crippen molar-refractivity contribution in [2.75, 3.05) is 12.4 Å². The first-order valence-electron chi connectivity index (χ1n) is 10.5. The maximum absolute atomic E-state index is 12.9. The number of rotatable bonds is 6. The number of methoxy groups -OCH3 is 1. The molecule has 0 atom stereocenters. The maximum Gasteiger partial charge on any atom is 0.273 e. The Morgan fingerprint density at radius 2 is 1.78 bits per heavy atom. The summed E-state index contributed by atoms with van der Waals surface area (Å²) in [7, 11) is 1.66. The first kappa shape index (κ1) is 19.9. The predicted molar refractivity (Wildman–Crippen MR) is 123 cm³/mol. The third kappa shape index (κ3) is 3.95. The van der Waals surface area contributed by atoms with Crippen LogP contribution in [0.15, 0.2) is 72.8 Å². The summed E-state index contributed by atoms with van der Waals surface area (Å²) in [5.41, 5.74) is 6.32. The summed E-state index contributed by atoms with van der Waals surface area (Å²) in [5.74, 6) is 1.38. The molecule has 0 saturated heterocycles. The average molecular weight is 425 g/mol. The van der Waals surface area contributed by atoms with Gasteiger partial charge in [0.15, 0.2) is 0 Å². The molecule has 1 amide bonds. The molecule has 2 N–H and O–H groups in total. The van der Waals surface area contributed by atoms with Crippen molar-refractivity contribution in [1.29, 1.82) is 0 Å². The average Bonchev–Trinajstić information content (AvgIpc) is 3.28. The Morgan fingerprint density at radius 3 is 2.56 bits per heavy atom. The fourth-order valence-corrected chi connectivity index (χ4v) is 3.98. The first-order chi connectivity index (χ1) is 15.7. The SMILES string of the molecule is COc1ccc2c(c1)CCc1c-2n[nH]c1C(=O)Nc1ccc(OCc2ccccc2)cc1. The largest absolute Gasteiger partial charge is 0.497 e. The number of hydrogen-bond acceptors (Lipinski definition) is 4. The number of carbonyl (C=O) groups is 1. The van der Waals surface area contributed by atoms with E-state index in [1.807, 2.05) is 72.8 Å². The fourth-order valence-electron chi connectivity index (χ4n) is 3.98. The molecule has 6 nitrogen and oxygen atoms in total. The monoisotopic (exact) mass is 425 g/mol. The molecule has 1 aromatic heterocycles. The van der Waals surface area contributed by atoms with Gasteiger partial charge in [0, 0.05) is 16.8 Å². The second-order valence-corrected chi connectivity index (χ2v) is 7.70. The van der Waals surface area contributed by atoms with Crippen molar-refractivity contribution in [1.82, 2.24) is 10.2 Å². The van der Waals surface area contributed by atoms with E-state index in [0.717, 1.165) is 46.7 Å². The molecule has 1 heterocycles. The van der Waals surface area contributed by atoms with Crippen LogP contribution in [-0.4, -0.2) is 23.2 Å². The number of nitrogens with zero attached hydrogens (tertiary/aromatic N) is 1. The molecule has 32 heavy (non-hydrogen) atoms. The van der Waals surface area contributed by atoms with Gasteiger partial charge in [0.1, 0.15) is 23.8 Å². The van der Waals surface area contributed by atoms with E-state index in [2.05, 4.69) is 15.5 Å². The van der Waals surface area contributed by atoms with E-state index in [9.17, 15) is 4.79 Å². The molecule has 5 rings (SSSR count). The number of benzene rings is 3. The first-order valence-corrected chi connectivity index (χ1v) is 10.5. The minimum atomic E-state index is -0.200. The molecule has 160 valence electrons. The summed E-state index contributed by atoms with van der Waals surface area (Å²) < 4.78 is 11.1. The lowest BCUT2D eigenvalue weighted by molar-refractivity contribution is 0.102. The van der Waals surface area contributed by atoms with Crippen molar-refractivity contribution in [3.63, 3.8) is 0 Å². The Hall–Kier alpha value is -4.06. The highest BCUT2D eigenvalue weighted by atomic mass is 16.5. The molecule has 0 aliphatic heterocycles. The molecule has 6 heteroatoms. The zero-order valence-electron chi connectivity index (χ0n) is 17.7. The topological polar surface area (TPSA) is 76.2 Å². The number of amides is 1. The van der Waals surface area contributed by atoms with E-state index in [0.29, 0.717) is 18.0 Å². The summed E-state index contributed by atoms with van der Waals surface area (Å²) in [6.07, 6.45) is 1.59. The van der Waals surface area contributed by atoms with Crippen molar-refractivity contribution in [3.05, 3.63) is 95.2 Å². The molecule has 4 aromatic rings. The zero-order chi connectivity index (χ0) is 21.9. The summed E-state index contributed by atoms with van der Waals surface area (Å²) in [5, 5.41) is 10.3. The van der Waals surface area contributed by atoms with Crippen LogP contribution >= 0.6 is 0 Å². The highest BCUT2D eigenvalue weighted by molar-refractivity contribution is 6.05. The second-order valence-electron chi connectivity index (χ2n) is 7.70. The molecule has 0 unspecified atom stereocenters. The Labute approximate surface area is 186 Å². The molecule has 0 spiro atoms. The number of ether oxygens (including phenoxy) is 2. The van der Waals surface area contributed by atoms with E-state index in [4.69, 9.17) is 9.47 Å². The van der Waals surface area contributed by atoms with Gasteiger partial charge in [-0.2, -0.15) is 5.10 Å². The number of aromatic nitrogens is 2. The van der Waals surface area contributed by atoms with Crippen molar-refractivity contribution >= 4 is 11.6 Å². The van der Waals surface area contributed by atoms with Gasteiger partial charge in [0.05, 0.1) is 12.8 Å². The number of aryl methyl sites for hydroxylation is 1. The lowest BCUT2D eigenvalue weighted by Crippen LogP contribution is -2.15. The van der Waals surface area contributed by atoms with Gasteiger partial charge in [-0.25, -0.2) is 0 Å². The number of carbonyl (C=O) groups excluding carboxylic acids is 1. The predicted octanol–water partition coefficient (Wildman–Crippen LogP) is 5.02. The highest BCUT2D eigenvalue weighted by Crippen LogP contribution is 2.35. The molecule has 3 aromatic carbocycles.